The molecular formula is C12H16F3NO. The molecule has 0 saturated heterocycles. The van der Waals surface area contributed by atoms with Crippen LogP contribution in [0.3, 0.4) is 0 Å². The summed E-state index contributed by atoms with van der Waals surface area (Å²) in [6.07, 6.45) is -3.08. The van der Waals surface area contributed by atoms with Crippen LogP contribution in [-0.4, -0.2) is 18.7 Å². The van der Waals surface area contributed by atoms with E-state index in [2.05, 4.69) is 4.98 Å². The fourth-order valence-electron chi connectivity index (χ4n) is 1.58. The first-order valence-electron chi connectivity index (χ1n) is 5.38. The molecule has 96 valence electrons. The van der Waals surface area contributed by atoms with Gasteiger partial charge < -0.3 is 4.74 Å². The minimum Gasteiger partial charge on any atom is -0.384 e. The molecule has 1 aromatic rings. The molecule has 1 rings (SSSR count). The van der Waals surface area contributed by atoms with Crippen molar-refractivity contribution in [2.45, 2.75) is 25.9 Å². The van der Waals surface area contributed by atoms with E-state index >= 15 is 0 Å². The van der Waals surface area contributed by atoms with Crippen LogP contribution >= 0.6 is 0 Å². The van der Waals surface area contributed by atoms with Crippen molar-refractivity contribution in [3.05, 3.63) is 29.6 Å². The zero-order valence-corrected chi connectivity index (χ0v) is 10.1. The minimum absolute atomic E-state index is 0.115. The van der Waals surface area contributed by atoms with Crippen LogP contribution in [0.2, 0.25) is 0 Å². The highest BCUT2D eigenvalue weighted by molar-refractivity contribution is 5.19. The summed E-state index contributed by atoms with van der Waals surface area (Å²) in [7, 11) is 1.61. The number of hydrogen-bond acceptors (Lipinski definition) is 2. The molecule has 2 nitrogen and oxygen atoms in total. The fourth-order valence-corrected chi connectivity index (χ4v) is 1.58. The molecule has 0 radical (unpaired) electrons. The van der Waals surface area contributed by atoms with E-state index in [0.29, 0.717) is 6.61 Å². The van der Waals surface area contributed by atoms with E-state index in [-0.39, 0.29) is 11.8 Å². The number of alkyl halides is 3. The van der Waals surface area contributed by atoms with Gasteiger partial charge in [-0.05, 0) is 23.5 Å². The first kappa shape index (κ1) is 14.0. The Kier molecular flexibility index (Phi) is 4.51. The van der Waals surface area contributed by atoms with Crippen LogP contribution < -0.4 is 0 Å². The van der Waals surface area contributed by atoms with Crippen molar-refractivity contribution in [3.63, 3.8) is 0 Å². The van der Waals surface area contributed by atoms with E-state index in [1.165, 1.54) is 12.3 Å². The van der Waals surface area contributed by atoms with Gasteiger partial charge in [0.1, 0.15) is 5.69 Å². The van der Waals surface area contributed by atoms with Gasteiger partial charge in [0.25, 0.3) is 0 Å². The third-order valence-corrected chi connectivity index (χ3v) is 2.89. The van der Waals surface area contributed by atoms with Crippen molar-refractivity contribution in [1.29, 1.82) is 0 Å². The Balaban J connectivity index is 2.80. The number of pyridine rings is 1. The number of rotatable bonds is 4. The number of aromatic nitrogens is 1. The molecule has 0 saturated carbocycles. The number of halogens is 3. The largest absolute Gasteiger partial charge is 0.433 e. The van der Waals surface area contributed by atoms with Gasteiger partial charge in [0, 0.05) is 19.9 Å². The third-order valence-electron chi connectivity index (χ3n) is 2.89. The summed E-state index contributed by atoms with van der Waals surface area (Å²) in [5, 5.41) is 0. The van der Waals surface area contributed by atoms with E-state index in [1.54, 1.807) is 7.11 Å². The molecule has 0 amide bonds. The van der Waals surface area contributed by atoms with Crippen molar-refractivity contribution in [2.24, 2.45) is 5.92 Å². The van der Waals surface area contributed by atoms with Crippen LogP contribution in [0.1, 0.15) is 31.0 Å². The van der Waals surface area contributed by atoms with Gasteiger partial charge in [0.15, 0.2) is 0 Å². The molecule has 0 N–H and O–H groups in total. The normalized spacial score (nSPS) is 15.6. The minimum atomic E-state index is -4.38. The smallest absolute Gasteiger partial charge is 0.384 e. The highest BCUT2D eigenvalue weighted by Crippen LogP contribution is 2.29. The van der Waals surface area contributed by atoms with E-state index in [9.17, 15) is 13.2 Å². The Morgan fingerprint density at radius 3 is 2.35 bits per heavy atom. The lowest BCUT2D eigenvalue weighted by atomic mass is 9.90. The molecule has 0 bridgehead atoms. The Hall–Kier alpha value is -1.10. The number of hydrogen-bond donors (Lipinski definition) is 0. The van der Waals surface area contributed by atoms with E-state index in [0.717, 1.165) is 11.6 Å². The Morgan fingerprint density at radius 2 is 1.94 bits per heavy atom. The molecule has 2 atom stereocenters. The lowest BCUT2D eigenvalue weighted by molar-refractivity contribution is -0.141. The fraction of sp³-hybridized carbons (Fsp3) is 0.583. The standard InChI is InChI=1S/C12H16F3NO/c1-8(7-17-3)9(2)10-4-5-11(16-6-10)12(13,14)15/h4-6,8-9H,7H2,1-3H3. The predicted molar refractivity (Wildman–Crippen MR) is 58.7 cm³/mol. The monoisotopic (exact) mass is 247 g/mol. The van der Waals surface area contributed by atoms with Gasteiger partial charge in [-0.3, -0.25) is 4.98 Å². The van der Waals surface area contributed by atoms with Crippen molar-refractivity contribution < 1.29 is 17.9 Å². The number of ether oxygens (including phenoxy) is 1. The molecule has 0 aliphatic carbocycles. The van der Waals surface area contributed by atoms with Crippen LogP contribution in [-0.2, 0) is 10.9 Å². The quantitative estimate of drug-likeness (QED) is 0.812. The maximum absolute atomic E-state index is 12.3. The summed E-state index contributed by atoms with van der Waals surface area (Å²) in [6, 6.07) is 2.50. The third kappa shape index (κ3) is 3.70. The average molecular weight is 247 g/mol. The Labute approximate surface area is 98.8 Å². The summed E-state index contributed by atoms with van der Waals surface area (Å²) in [4.78, 5) is 3.45. The lowest BCUT2D eigenvalue weighted by Gasteiger charge is -2.19. The summed E-state index contributed by atoms with van der Waals surface area (Å²) in [6.45, 7) is 4.52. The second kappa shape index (κ2) is 5.49. The number of nitrogens with zero attached hydrogens (tertiary/aromatic N) is 1. The molecule has 0 fully saturated rings. The van der Waals surface area contributed by atoms with Crippen molar-refractivity contribution in [3.8, 4) is 0 Å². The average Bonchev–Trinajstić information content (AvgIpc) is 2.27. The van der Waals surface area contributed by atoms with Crippen molar-refractivity contribution in [2.75, 3.05) is 13.7 Å². The van der Waals surface area contributed by atoms with E-state index in [4.69, 9.17) is 4.74 Å². The second-order valence-corrected chi connectivity index (χ2v) is 4.20. The molecule has 1 heterocycles. The van der Waals surface area contributed by atoms with Gasteiger partial charge in [0.2, 0.25) is 0 Å². The zero-order chi connectivity index (χ0) is 13.1. The van der Waals surface area contributed by atoms with Gasteiger partial charge in [-0.1, -0.05) is 19.9 Å². The van der Waals surface area contributed by atoms with Crippen molar-refractivity contribution >= 4 is 0 Å². The molecule has 2 unspecified atom stereocenters. The van der Waals surface area contributed by atoms with E-state index in [1.807, 2.05) is 13.8 Å². The molecule has 0 spiro atoms. The van der Waals surface area contributed by atoms with Crippen LogP contribution in [0.25, 0.3) is 0 Å². The molecule has 0 aromatic carbocycles. The van der Waals surface area contributed by atoms with Gasteiger partial charge in [-0.25, -0.2) is 0 Å². The molecular weight excluding hydrogens is 231 g/mol. The SMILES string of the molecule is COCC(C)C(C)c1ccc(C(F)(F)F)nc1. The topological polar surface area (TPSA) is 22.1 Å². The van der Waals surface area contributed by atoms with Crippen LogP contribution in [0.15, 0.2) is 18.3 Å². The Bertz CT molecular complexity index is 348. The highest BCUT2D eigenvalue weighted by atomic mass is 19.4. The molecule has 17 heavy (non-hydrogen) atoms. The summed E-state index contributed by atoms with van der Waals surface area (Å²) < 4.78 is 42.0. The second-order valence-electron chi connectivity index (χ2n) is 4.20. The van der Waals surface area contributed by atoms with E-state index < -0.39 is 11.9 Å². The molecule has 5 heteroatoms. The zero-order valence-electron chi connectivity index (χ0n) is 10.1. The van der Waals surface area contributed by atoms with Gasteiger partial charge in [0.05, 0.1) is 0 Å². The first-order valence-corrected chi connectivity index (χ1v) is 5.38. The van der Waals surface area contributed by atoms with Crippen LogP contribution in [0.4, 0.5) is 13.2 Å². The molecule has 1 aromatic heterocycles. The highest BCUT2D eigenvalue weighted by Gasteiger charge is 2.32. The Morgan fingerprint density at radius 1 is 1.29 bits per heavy atom. The predicted octanol–water partition coefficient (Wildman–Crippen LogP) is 3.49. The maximum atomic E-state index is 12.3. The summed E-state index contributed by atoms with van der Waals surface area (Å²) in [5.74, 6) is 0.350. The maximum Gasteiger partial charge on any atom is 0.433 e. The van der Waals surface area contributed by atoms with Gasteiger partial charge in [-0.15, -0.1) is 0 Å². The van der Waals surface area contributed by atoms with Gasteiger partial charge >= 0.3 is 6.18 Å². The van der Waals surface area contributed by atoms with Crippen molar-refractivity contribution in [1.82, 2.24) is 4.98 Å². The van der Waals surface area contributed by atoms with Crippen LogP contribution in [0.5, 0.6) is 0 Å². The van der Waals surface area contributed by atoms with Crippen LogP contribution in [0, 0.1) is 5.92 Å². The summed E-state index contributed by atoms with van der Waals surface area (Å²) >= 11 is 0. The number of methoxy groups -OCH3 is 1. The lowest BCUT2D eigenvalue weighted by Crippen LogP contribution is -2.13. The molecule has 0 aliphatic rings. The van der Waals surface area contributed by atoms with Gasteiger partial charge in [-0.2, -0.15) is 13.2 Å². The summed E-state index contributed by atoms with van der Waals surface area (Å²) in [5.41, 5.74) is -0.0598. The molecule has 0 aliphatic heterocycles. The first-order chi connectivity index (χ1) is 7.86.